The first kappa shape index (κ1) is 14.8. The van der Waals surface area contributed by atoms with Gasteiger partial charge < -0.3 is 14.9 Å². The first-order chi connectivity index (χ1) is 10.8. The van der Waals surface area contributed by atoms with Crippen LogP contribution >= 0.6 is 0 Å². The number of aliphatic hydroxyl groups is 1. The van der Waals surface area contributed by atoms with Gasteiger partial charge in [-0.2, -0.15) is 0 Å². The minimum atomic E-state index is -0.228. The van der Waals surface area contributed by atoms with Crippen LogP contribution < -0.4 is 5.32 Å². The quantitative estimate of drug-likeness (QED) is 0.889. The third-order valence-electron chi connectivity index (χ3n) is 4.09. The molecule has 2 N–H and O–H groups in total. The molecule has 0 spiro atoms. The Labute approximate surface area is 129 Å². The Morgan fingerprint density at radius 1 is 1.27 bits per heavy atom. The van der Waals surface area contributed by atoms with E-state index in [1.165, 1.54) is 0 Å². The Hall–Kier alpha value is -2.14. The first-order valence-corrected chi connectivity index (χ1v) is 7.73. The van der Waals surface area contributed by atoms with E-state index in [2.05, 4.69) is 10.5 Å². The summed E-state index contributed by atoms with van der Waals surface area (Å²) in [6, 6.07) is 9.43. The van der Waals surface area contributed by atoms with Crippen LogP contribution in [0.3, 0.4) is 0 Å². The number of aromatic nitrogens is 1. The van der Waals surface area contributed by atoms with Gasteiger partial charge in [0.05, 0.1) is 6.04 Å². The van der Waals surface area contributed by atoms with Crippen molar-refractivity contribution in [3.8, 4) is 0 Å². The second kappa shape index (κ2) is 6.75. The van der Waals surface area contributed by atoms with Crippen molar-refractivity contribution in [2.24, 2.45) is 0 Å². The largest absolute Gasteiger partial charge is 0.396 e. The summed E-state index contributed by atoms with van der Waals surface area (Å²) in [7, 11) is 0. The molecule has 5 nitrogen and oxygen atoms in total. The molecule has 5 heteroatoms. The molecule has 0 saturated heterocycles. The number of hydrogen-bond donors (Lipinski definition) is 2. The van der Waals surface area contributed by atoms with E-state index in [0.29, 0.717) is 12.1 Å². The van der Waals surface area contributed by atoms with E-state index >= 15 is 0 Å². The Morgan fingerprint density at radius 2 is 2.05 bits per heavy atom. The molecule has 1 unspecified atom stereocenters. The zero-order valence-corrected chi connectivity index (χ0v) is 12.4. The minimum Gasteiger partial charge on any atom is -0.396 e. The van der Waals surface area contributed by atoms with Gasteiger partial charge in [0.25, 0.3) is 5.91 Å². The van der Waals surface area contributed by atoms with E-state index in [9.17, 15) is 9.90 Å². The van der Waals surface area contributed by atoms with Crippen LogP contribution in [-0.2, 0) is 12.8 Å². The highest BCUT2D eigenvalue weighted by Crippen LogP contribution is 2.25. The van der Waals surface area contributed by atoms with Crippen LogP contribution in [-0.4, -0.2) is 22.8 Å². The highest BCUT2D eigenvalue weighted by molar-refractivity contribution is 5.94. The zero-order valence-electron chi connectivity index (χ0n) is 12.4. The van der Waals surface area contributed by atoms with Crippen molar-refractivity contribution in [2.75, 3.05) is 6.61 Å². The van der Waals surface area contributed by atoms with E-state index in [4.69, 9.17) is 4.52 Å². The number of hydrogen-bond acceptors (Lipinski definition) is 4. The second-order valence-corrected chi connectivity index (χ2v) is 5.59. The van der Waals surface area contributed by atoms with Crippen molar-refractivity contribution in [2.45, 2.75) is 38.1 Å². The molecule has 3 rings (SSSR count). The number of rotatable bonds is 5. The molecule has 22 heavy (non-hydrogen) atoms. The lowest BCUT2D eigenvalue weighted by Crippen LogP contribution is -2.30. The van der Waals surface area contributed by atoms with Crippen LogP contribution in [0.2, 0.25) is 0 Å². The van der Waals surface area contributed by atoms with Crippen molar-refractivity contribution < 1.29 is 14.4 Å². The minimum absolute atomic E-state index is 0.0107. The fourth-order valence-electron chi connectivity index (χ4n) is 2.93. The molecule has 1 aromatic carbocycles. The van der Waals surface area contributed by atoms with Crippen LogP contribution in [0.25, 0.3) is 0 Å². The molecule has 0 aliphatic heterocycles. The maximum Gasteiger partial charge on any atom is 0.274 e. The van der Waals surface area contributed by atoms with Gasteiger partial charge >= 0.3 is 0 Å². The van der Waals surface area contributed by atoms with Gasteiger partial charge in [-0.1, -0.05) is 35.5 Å². The Kier molecular flexibility index (Phi) is 4.53. The molecule has 1 aliphatic carbocycles. The highest BCUT2D eigenvalue weighted by atomic mass is 16.5. The Balaban J connectivity index is 1.78. The van der Waals surface area contributed by atoms with E-state index in [1.807, 2.05) is 30.3 Å². The predicted molar refractivity (Wildman–Crippen MR) is 81.5 cm³/mol. The molecular formula is C17H20N2O3. The molecule has 0 fully saturated rings. The number of nitrogens with one attached hydrogen (secondary N) is 1. The normalized spacial score (nSPS) is 15.1. The topological polar surface area (TPSA) is 75.4 Å². The van der Waals surface area contributed by atoms with Gasteiger partial charge in [0.2, 0.25) is 0 Å². The molecule has 1 amide bonds. The third-order valence-corrected chi connectivity index (χ3v) is 4.09. The van der Waals surface area contributed by atoms with Crippen molar-refractivity contribution in [3.05, 3.63) is 52.9 Å². The zero-order chi connectivity index (χ0) is 15.4. The summed E-state index contributed by atoms with van der Waals surface area (Å²) in [5.41, 5.74) is 2.32. The fourth-order valence-corrected chi connectivity index (χ4v) is 2.93. The van der Waals surface area contributed by atoms with Gasteiger partial charge in [-0.05, 0) is 31.2 Å². The number of fused-ring (bicyclic) bond motifs is 1. The van der Waals surface area contributed by atoms with Crippen LogP contribution in [0.1, 0.15) is 52.7 Å². The van der Waals surface area contributed by atoms with Crippen LogP contribution in [0.15, 0.2) is 34.9 Å². The third kappa shape index (κ3) is 3.04. The summed E-state index contributed by atoms with van der Waals surface area (Å²) in [5, 5.41) is 16.2. The molecule has 0 saturated carbocycles. The summed E-state index contributed by atoms with van der Waals surface area (Å²) in [5.74, 6) is 0.615. The van der Waals surface area contributed by atoms with Crippen molar-refractivity contribution in [3.63, 3.8) is 0 Å². The molecule has 2 aromatic rings. The summed E-state index contributed by atoms with van der Waals surface area (Å²) < 4.78 is 5.30. The monoisotopic (exact) mass is 300 g/mol. The van der Waals surface area contributed by atoms with E-state index in [-0.39, 0.29) is 18.6 Å². The summed E-state index contributed by atoms with van der Waals surface area (Å²) in [6.07, 6.45) is 4.31. The second-order valence-electron chi connectivity index (χ2n) is 5.59. The van der Waals surface area contributed by atoms with E-state index in [1.54, 1.807) is 0 Å². The molecular weight excluding hydrogens is 280 g/mol. The number of amides is 1. The lowest BCUT2D eigenvalue weighted by Gasteiger charge is -2.18. The smallest absolute Gasteiger partial charge is 0.274 e. The summed E-state index contributed by atoms with van der Waals surface area (Å²) in [6.45, 7) is 0.0107. The molecule has 116 valence electrons. The summed E-state index contributed by atoms with van der Waals surface area (Å²) >= 11 is 0. The van der Waals surface area contributed by atoms with E-state index in [0.717, 1.165) is 42.6 Å². The van der Waals surface area contributed by atoms with Gasteiger partial charge in [0.1, 0.15) is 5.76 Å². The van der Waals surface area contributed by atoms with Crippen molar-refractivity contribution in [1.29, 1.82) is 0 Å². The number of carbonyl (C=O) groups is 1. The average Bonchev–Trinajstić information content (AvgIpc) is 2.99. The van der Waals surface area contributed by atoms with Gasteiger partial charge in [-0.3, -0.25) is 4.79 Å². The number of carbonyl (C=O) groups excluding carboxylic acids is 1. The van der Waals surface area contributed by atoms with Gasteiger partial charge in [0, 0.05) is 18.6 Å². The molecule has 0 radical (unpaired) electrons. The van der Waals surface area contributed by atoms with Crippen molar-refractivity contribution >= 4 is 5.91 Å². The number of aliphatic hydroxyl groups excluding tert-OH is 1. The van der Waals surface area contributed by atoms with Crippen molar-refractivity contribution in [1.82, 2.24) is 10.5 Å². The number of benzene rings is 1. The molecule has 0 bridgehead atoms. The predicted octanol–water partition coefficient (Wildman–Crippen LogP) is 2.41. The SMILES string of the molecule is O=C(NC(CCO)c1ccccc1)c1noc2c1CCCC2. The molecule has 1 aliphatic rings. The summed E-state index contributed by atoms with van der Waals surface area (Å²) in [4.78, 5) is 12.5. The standard InChI is InChI=1S/C17H20N2O3/c20-11-10-14(12-6-2-1-3-7-12)18-17(21)16-13-8-4-5-9-15(13)22-19-16/h1-3,6-7,14,20H,4-5,8-11H2,(H,18,21). The van der Waals surface area contributed by atoms with Crippen LogP contribution in [0.4, 0.5) is 0 Å². The maximum absolute atomic E-state index is 12.5. The maximum atomic E-state index is 12.5. The molecule has 1 atom stereocenters. The van der Waals surface area contributed by atoms with Crippen LogP contribution in [0.5, 0.6) is 0 Å². The average molecular weight is 300 g/mol. The fraction of sp³-hybridized carbons (Fsp3) is 0.412. The molecule has 1 aromatic heterocycles. The number of nitrogens with zero attached hydrogens (tertiary/aromatic N) is 1. The first-order valence-electron chi connectivity index (χ1n) is 7.73. The Morgan fingerprint density at radius 3 is 2.82 bits per heavy atom. The highest BCUT2D eigenvalue weighted by Gasteiger charge is 2.25. The Bertz CT molecular complexity index is 637. The van der Waals surface area contributed by atoms with E-state index < -0.39 is 0 Å². The molecule has 1 heterocycles. The van der Waals surface area contributed by atoms with Gasteiger partial charge in [-0.15, -0.1) is 0 Å². The lowest BCUT2D eigenvalue weighted by atomic mass is 9.96. The van der Waals surface area contributed by atoms with Gasteiger partial charge in [-0.25, -0.2) is 0 Å². The van der Waals surface area contributed by atoms with Gasteiger partial charge in [0.15, 0.2) is 5.69 Å². The number of aryl methyl sites for hydroxylation is 1. The lowest BCUT2D eigenvalue weighted by molar-refractivity contribution is 0.0920. The van der Waals surface area contributed by atoms with Crippen LogP contribution in [0, 0.1) is 0 Å².